The molecule has 0 aromatic carbocycles. The summed E-state index contributed by atoms with van der Waals surface area (Å²) in [6, 6.07) is 0.648. The summed E-state index contributed by atoms with van der Waals surface area (Å²) in [5, 5.41) is 12.7. The number of aliphatic hydroxyl groups is 1. The SMILES string of the molecule is CC(C)C[C@H](CO)N[C@@H]1CCO[C@@H]1C. The third kappa shape index (κ3) is 3.56. The molecular weight excluding hydrogens is 178 g/mol. The average Bonchev–Trinajstić information content (AvgIpc) is 2.50. The van der Waals surface area contributed by atoms with E-state index in [1.54, 1.807) is 0 Å². The summed E-state index contributed by atoms with van der Waals surface area (Å²) in [5.41, 5.74) is 0. The fourth-order valence-electron chi connectivity index (χ4n) is 2.02. The van der Waals surface area contributed by atoms with E-state index in [0.717, 1.165) is 19.4 Å². The maximum Gasteiger partial charge on any atom is 0.0700 e. The Balaban J connectivity index is 2.31. The Kier molecular flexibility index (Phi) is 4.85. The second-order valence-electron chi connectivity index (χ2n) is 4.65. The lowest BCUT2D eigenvalue weighted by atomic mass is 10.0. The van der Waals surface area contributed by atoms with Crippen molar-refractivity contribution in [3.63, 3.8) is 0 Å². The molecule has 0 unspecified atom stereocenters. The molecule has 0 aromatic rings. The van der Waals surface area contributed by atoms with Gasteiger partial charge in [-0.05, 0) is 25.7 Å². The minimum absolute atomic E-state index is 0.224. The molecule has 84 valence electrons. The fourth-order valence-corrected chi connectivity index (χ4v) is 2.02. The number of hydrogen-bond donors (Lipinski definition) is 2. The van der Waals surface area contributed by atoms with Crippen LogP contribution in [0.5, 0.6) is 0 Å². The minimum Gasteiger partial charge on any atom is -0.395 e. The Hall–Kier alpha value is -0.120. The van der Waals surface area contributed by atoms with Gasteiger partial charge in [0.2, 0.25) is 0 Å². The van der Waals surface area contributed by atoms with Crippen molar-refractivity contribution in [2.24, 2.45) is 5.92 Å². The van der Waals surface area contributed by atoms with E-state index in [9.17, 15) is 5.11 Å². The molecule has 0 radical (unpaired) electrons. The quantitative estimate of drug-likeness (QED) is 0.701. The van der Waals surface area contributed by atoms with Gasteiger partial charge in [-0.2, -0.15) is 0 Å². The molecule has 1 saturated heterocycles. The van der Waals surface area contributed by atoms with Crippen molar-refractivity contribution >= 4 is 0 Å². The zero-order valence-corrected chi connectivity index (χ0v) is 9.49. The molecule has 1 aliphatic heterocycles. The lowest BCUT2D eigenvalue weighted by molar-refractivity contribution is 0.106. The van der Waals surface area contributed by atoms with Gasteiger partial charge in [-0.1, -0.05) is 13.8 Å². The van der Waals surface area contributed by atoms with Gasteiger partial charge in [-0.15, -0.1) is 0 Å². The van der Waals surface area contributed by atoms with Gasteiger partial charge in [0.25, 0.3) is 0 Å². The summed E-state index contributed by atoms with van der Waals surface area (Å²) < 4.78 is 5.47. The summed E-state index contributed by atoms with van der Waals surface area (Å²) in [5.74, 6) is 0.622. The van der Waals surface area contributed by atoms with Crippen molar-refractivity contribution in [1.29, 1.82) is 0 Å². The molecule has 0 aliphatic carbocycles. The molecule has 0 aromatic heterocycles. The number of hydrogen-bond acceptors (Lipinski definition) is 3. The Morgan fingerprint density at radius 2 is 2.21 bits per heavy atom. The normalized spacial score (nSPS) is 29.8. The lowest BCUT2D eigenvalue weighted by Crippen LogP contribution is -2.44. The van der Waals surface area contributed by atoms with Crippen LogP contribution in [0.3, 0.4) is 0 Å². The zero-order valence-electron chi connectivity index (χ0n) is 9.49. The summed E-state index contributed by atoms with van der Waals surface area (Å²) >= 11 is 0. The summed E-state index contributed by atoms with van der Waals surface area (Å²) in [7, 11) is 0. The Morgan fingerprint density at radius 3 is 2.64 bits per heavy atom. The molecule has 14 heavy (non-hydrogen) atoms. The molecule has 0 saturated carbocycles. The van der Waals surface area contributed by atoms with Crippen molar-refractivity contribution in [2.45, 2.75) is 51.8 Å². The predicted molar refractivity (Wildman–Crippen MR) is 57.3 cm³/mol. The molecule has 3 heteroatoms. The highest BCUT2D eigenvalue weighted by molar-refractivity contribution is 4.83. The number of ether oxygens (including phenoxy) is 1. The second-order valence-corrected chi connectivity index (χ2v) is 4.65. The van der Waals surface area contributed by atoms with Gasteiger partial charge >= 0.3 is 0 Å². The molecule has 1 heterocycles. The van der Waals surface area contributed by atoms with Crippen molar-refractivity contribution in [2.75, 3.05) is 13.2 Å². The summed E-state index contributed by atoms with van der Waals surface area (Å²) in [4.78, 5) is 0. The number of aliphatic hydroxyl groups excluding tert-OH is 1. The monoisotopic (exact) mass is 201 g/mol. The molecule has 0 amide bonds. The van der Waals surface area contributed by atoms with Crippen LogP contribution in [0.1, 0.15) is 33.6 Å². The molecule has 1 aliphatic rings. The van der Waals surface area contributed by atoms with Crippen LogP contribution in [-0.4, -0.2) is 36.5 Å². The Labute approximate surface area is 86.8 Å². The van der Waals surface area contributed by atoms with E-state index in [1.165, 1.54) is 0 Å². The first-order chi connectivity index (χ1) is 6.63. The van der Waals surface area contributed by atoms with Gasteiger partial charge in [-0.3, -0.25) is 0 Å². The first-order valence-electron chi connectivity index (χ1n) is 5.62. The third-order valence-electron chi connectivity index (χ3n) is 2.80. The van der Waals surface area contributed by atoms with Crippen LogP contribution in [0, 0.1) is 5.92 Å². The predicted octanol–water partition coefficient (Wildman–Crippen LogP) is 1.16. The molecule has 3 nitrogen and oxygen atoms in total. The summed E-state index contributed by atoms with van der Waals surface area (Å²) in [6.07, 6.45) is 2.38. The molecule has 1 rings (SSSR count). The molecule has 0 bridgehead atoms. The highest BCUT2D eigenvalue weighted by Gasteiger charge is 2.26. The van der Waals surface area contributed by atoms with Crippen LogP contribution in [0.4, 0.5) is 0 Å². The van der Waals surface area contributed by atoms with Gasteiger partial charge in [0, 0.05) is 18.7 Å². The smallest absolute Gasteiger partial charge is 0.0700 e. The van der Waals surface area contributed by atoms with Crippen LogP contribution in [0.25, 0.3) is 0 Å². The van der Waals surface area contributed by atoms with Gasteiger partial charge in [0.1, 0.15) is 0 Å². The van der Waals surface area contributed by atoms with Crippen molar-refractivity contribution < 1.29 is 9.84 Å². The molecule has 1 fully saturated rings. The molecule has 3 atom stereocenters. The Bertz CT molecular complexity index is 161. The standard InChI is InChI=1S/C11H23NO2/c1-8(2)6-10(7-13)12-11-4-5-14-9(11)3/h8-13H,4-7H2,1-3H3/t9-,10-,11-/m1/s1. The number of nitrogens with one attached hydrogen (secondary N) is 1. The van der Waals surface area contributed by atoms with E-state index < -0.39 is 0 Å². The average molecular weight is 201 g/mol. The number of rotatable bonds is 5. The third-order valence-corrected chi connectivity index (χ3v) is 2.80. The van der Waals surface area contributed by atoms with Gasteiger partial charge < -0.3 is 15.2 Å². The second kappa shape index (κ2) is 5.69. The molecule has 2 N–H and O–H groups in total. The van der Waals surface area contributed by atoms with Crippen molar-refractivity contribution in [3.05, 3.63) is 0 Å². The summed E-state index contributed by atoms with van der Waals surface area (Å²) in [6.45, 7) is 7.52. The maximum absolute atomic E-state index is 9.22. The van der Waals surface area contributed by atoms with Crippen LogP contribution in [0.2, 0.25) is 0 Å². The van der Waals surface area contributed by atoms with Crippen LogP contribution in [0.15, 0.2) is 0 Å². The first-order valence-corrected chi connectivity index (χ1v) is 5.62. The van der Waals surface area contributed by atoms with E-state index in [0.29, 0.717) is 12.0 Å². The van der Waals surface area contributed by atoms with Crippen LogP contribution in [-0.2, 0) is 4.74 Å². The largest absolute Gasteiger partial charge is 0.395 e. The topological polar surface area (TPSA) is 41.5 Å². The lowest BCUT2D eigenvalue weighted by Gasteiger charge is -2.24. The first kappa shape index (κ1) is 12.0. The molecule has 0 spiro atoms. The maximum atomic E-state index is 9.22. The zero-order chi connectivity index (χ0) is 10.6. The molecular formula is C11H23NO2. The highest BCUT2D eigenvalue weighted by Crippen LogP contribution is 2.15. The van der Waals surface area contributed by atoms with Crippen molar-refractivity contribution in [3.8, 4) is 0 Å². The van der Waals surface area contributed by atoms with E-state index >= 15 is 0 Å². The van der Waals surface area contributed by atoms with E-state index in [-0.39, 0.29) is 18.8 Å². The van der Waals surface area contributed by atoms with Crippen molar-refractivity contribution in [1.82, 2.24) is 5.32 Å². The van der Waals surface area contributed by atoms with E-state index in [2.05, 4.69) is 26.1 Å². The fraction of sp³-hybridized carbons (Fsp3) is 1.00. The van der Waals surface area contributed by atoms with E-state index in [1.807, 2.05) is 0 Å². The van der Waals surface area contributed by atoms with Crippen LogP contribution >= 0.6 is 0 Å². The Morgan fingerprint density at radius 1 is 1.50 bits per heavy atom. The van der Waals surface area contributed by atoms with Gasteiger partial charge in [0.05, 0.1) is 12.7 Å². The minimum atomic E-state index is 0.224. The van der Waals surface area contributed by atoms with Gasteiger partial charge in [-0.25, -0.2) is 0 Å². The van der Waals surface area contributed by atoms with Crippen LogP contribution < -0.4 is 5.32 Å². The van der Waals surface area contributed by atoms with E-state index in [4.69, 9.17) is 4.74 Å². The highest BCUT2D eigenvalue weighted by atomic mass is 16.5. The van der Waals surface area contributed by atoms with Gasteiger partial charge in [0.15, 0.2) is 0 Å².